The molecule has 2 rings (SSSR count). The fourth-order valence-corrected chi connectivity index (χ4v) is 1.45. The highest BCUT2D eigenvalue weighted by Gasteiger charge is 2.14. The molecule has 1 amide bonds. The number of anilines is 1. The van der Waals surface area contributed by atoms with Crippen LogP contribution in [0.15, 0.2) is 28.9 Å². The summed E-state index contributed by atoms with van der Waals surface area (Å²) in [5, 5.41) is 9.84. The van der Waals surface area contributed by atoms with E-state index in [1.54, 1.807) is 6.92 Å². The summed E-state index contributed by atoms with van der Waals surface area (Å²) in [5.74, 6) is -0.312. The van der Waals surface area contributed by atoms with Crippen LogP contribution in [0.1, 0.15) is 28.7 Å². The maximum Gasteiger partial charge on any atom is 0.279 e. The highest BCUT2D eigenvalue weighted by atomic mass is 16.6. The maximum atomic E-state index is 11.8. The Kier molecular flexibility index (Phi) is 3.18. The van der Waals surface area contributed by atoms with Crippen molar-refractivity contribution in [2.24, 2.45) is 0 Å². The second-order valence-corrected chi connectivity index (χ2v) is 3.70. The molecule has 0 radical (unpaired) electrons. The predicted molar refractivity (Wildman–Crippen MR) is 62.8 cm³/mol. The molecule has 0 atom stereocenters. The Labute approximate surface area is 98.8 Å². The van der Waals surface area contributed by atoms with Crippen LogP contribution in [-0.4, -0.2) is 16.2 Å². The van der Waals surface area contributed by atoms with Gasteiger partial charge in [0.15, 0.2) is 5.69 Å². The molecule has 5 heteroatoms. The Hall–Kier alpha value is -2.17. The molecule has 0 aliphatic carbocycles. The van der Waals surface area contributed by atoms with Gasteiger partial charge in [-0.3, -0.25) is 4.79 Å². The summed E-state index contributed by atoms with van der Waals surface area (Å²) in [7, 11) is 0. The third-order valence-corrected chi connectivity index (χ3v) is 2.49. The molecule has 5 nitrogen and oxygen atoms in total. The highest BCUT2D eigenvalue weighted by molar-refractivity contribution is 6.03. The van der Waals surface area contributed by atoms with Gasteiger partial charge in [0.1, 0.15) is 5.69 Å². The molecule has 88 valence electrons. The van der Waals surface area contributed by atoms with Crippen molar-refractivity contribution in [3.63, 3.8) is 0 Å². The zero-order valence-corrected chi connectivity index (χ0v) is 9.73. The number of carbonyl (C=O) groups is 1. The second-order valence-electron chi connectivity index (χ2n) is 3.70. The molecule has 0 saturated carbocycles. The quantitative estimate of drug-likeness (QED) is 0.879. The topological polar surface area (TPSA) is 68.0 Å². The van der Waals surface area contributed by atoms with E-state index in [0.29, 0.717) is 5.69 Å². The van der Waals surface area contributed by atoms with Crippen LogP contribution in [0, 0.1) is 6.92 Å². The molecule has 1 aromatic carbocycles. The van der Waals surface area contributed by atoms with Crippen molar-refractivity contribution in [3.8, 4) is 0 Å². The number of rotatable bonds is 3. The van der Waals surface area contributed by atoms with Crippen molar-refractivity contribution in [2.45, 2.75) is 20.3 Å². The zero-order chi connectivity index (χ0) is 12.3. The van der Waals surface area contributed by atoms with Crippen LogP contribution in [0.4, 0.5) is 5.69 Å². The Bertz CT molecular complexity index is 517. The first kappa shape index (κ1) is 11.3. The number of aromatic nitrogens is 2. The lowest BCUT2D eigenvalue weighted by molar-refractivity contribution is 0.101. The Morgan fingerprint density at radius 3 is 2.53 bits per heavy atom. The standard InChI is InChI=1S/C12H13N3O2/c1-3-9-4-6-10(7-5-9)13-12(16)11-8(2)14-17-15-11/h4-7H,3H2,1-2H3,(H,13,16). The Morgan fingerprint density at radius 1 is 1.29 bits per heavy atom. The number of amides is 1. The maximum absolute atomic E-state index is 11.8. The third kappa shape index (κ3) is 2.50. The smallest absolute Gasteiger partial charge is 0.279 e. The van der Waals surface area contributed by atoms with Crippen LogP contribution >= 0.6 is 0 Å². The van der Waals surface area contributed by atoms with Crippen LogP contribution in [0.25, 0.3) is 0 Å². The molecule has 0 bridgehead atoms. The number of nitrogens with zero attached hydrogens (tertiary/aromatic N) is 2. The average molecular weight is 231 g/mol. The lowest BCUT2D eigenvalue weighted by atomic mass is 10.1. The number of hydrogen-bond donors (Lipinski definition) is 1. The fourth-order valence-electron chi connectivity index (χ4n) is 1.45. The molecule has 0 aliphatic rings. The number of hydrogen-bond acceptors (Lipinski definition) is 4. The summed E-state index contributed by atoms with van der Waals surface area (Å²) in [6, 6.07) is 7.67. The minimum Gasteiger partial charge on any atom is -0.320 e. The normalized spacial score (nSPS) is 10.2. The first-order chi connectivity index (χ1) is 8.20. The summed E-state index contributed by atoms with van der Waals surface area (Å²) in [6.07, 6.45) is 0.973. The van der Waals surface area contributed by atoms with E-state index in [-0.39, 0.29) is 11.6 Å². The van der Waals surface area contributed by atoms with Crippen molar-refractivity contribution in [2.75, 3.05) is 5.32 Å². The summed E-state index contributed by atoms with van der Waals surface area (Å²) < 4.78 is 4.48. The molecule has 0 aliphatic heterocycles. The van der Waals surface area contributed by atoms with Crippen molar-refractivity contribution in [3.05, 3.63) is 41.2 Å². The highest BCUT2D eigenvalue weighted by Crippen LogP contribution is 2.11. The molecule has 0 spiro atoms. The van der Waals surface area contributed by atoms with Crippen LogP contribution in [0.3, 0.4) is 0 Å². The van der Waals surface area contributed by atoms with E-state index in [1.165, 1.54) is 5.56 Å². The predicted octanol–water partition coefficient (Wildman–Crippen LogP) is 2.19. The van der Waals surface area contributed by atoms with Crippen molar-refractivity contribution in [1.29, 1.82) is 0 Å². The zero-order valence-electron chi connectivity index (χ0n) is 9.73. The van der Waals surface area contributed by atoms with E-state index in [9.17, 15) is 4.79 Å². The van der Waals surface area contributed by atoms with Gasteiger partial charge in [-0.15, -0.1) is 0 Å². The van der Waals surface area contributed by atoms with Crippen LogP contribution in [-0.2, 0) is 6.42 Å². The minimum atomic E-state index is -0.312. The van der Waals surface area contributed by atoms with Crippen molar-refractivity contribution >= 4 is 11.6 Å². The van der Waals surface area contributed by atoms with E-state index < -0.39 is 0 Å². The van der Waals surface area contributed by atoms with Gasteiger partial charge in [0.25, 0.3) is 5.91 Å². The average Bonchev–Trinajstić information content (AvgIpc) is 2.76. The summed E-state index contributed by atoms with van der Waals surface area (Å²) >= 11 is 0. The van der Waals surface area contributed by atoms with Gasteiger partial charge < -0.3 is 5.32 Å². The van der Waals surface area contributed by atoms with E-state index in [1.807, 2.05) is 24.3 Å². The third-order valence-electron chi connectivity index (χ3n) is 2.49. The molecule has 0 unspecified atom stereocenters. The Morgan fingerprint density at radius 2 is 2.00 bits per heavy atom. The largest absolute Gasteiger partial charge is 0.320 e. The number of aryl methyl sites for hydroxylation is 2. The van der Waals surface area contributed by atoms with Gasteiger partial charge in [-0.05, 0) is 36.2 Å². The minimum absolute atomic E-state index is 0.213. The molecule has 1 heterocycles. The number of nitrogens with one attached hydrogen (secondary N) is 1. The first-order valence-corrected chi connectivity index (χ1v) is 5.40. The van der Waals surface area contributed by atoms with E-state index in [0.717, 1.165) is 12.1 Å². The molecule has 2 aromatic rings. The van der Waals surface area contributed by atoms with E-state index in [4.69, 9.17) is 0 Å². The molecule has 1 N–H and O–H groups in total. The second kappa shape index (κ2) is 4.78. The number of benzene rings is 1. The van der Waals surface area contributed by atoms with Gasteiger partial charge in [0.05, 0.1) is 0 Å². The van der Waals surface area contributed by atoms with Gasteiger partial charge in [0, 0.05) is 5.69 Å². The van der Waals surface area contributed by atoms with Crippen LogP contribution < -0.4 is 5.32 Å². The van der Waals surface area contributed by atoms with E-state index in [2.05, 4.69) is 27.2 Å². The molecule has 0 fully saturated rings. The molecule has 17 heavy (non-hydrogen) atoms. The molecular formula is C12H13N3O2. The van der Waals surface area contributed by atoms with Gasteiger partial charge >= 0.3 is 0 Å². The van der Waals surface area contributed by atoms with Gasteiger partial charge in [0.2, 0.25) is 0 Å². The lowest BCUT2D eigenvalue weighted by Crippen LogP contribution is -2.13. The lowest BCUT2D eigenvalue weighted by Gasteiger charge is -2.03. The molecule has 1 aromatic heterocycles. The van der Waals surface area contributed by atoms with E-state index >= 15 is 0 Å². The summed E-state index contributed by atoms with van der Waals surface area (Å²) in [5.41, 5.74) is 2.65. The molecular weight excluding hydrogens is 218 g/mol. The monoisotopic (exact) mass is 231 g/mol. The summed E-state index contributed by atoms with van der Waals surface area (Å²) in [4.78, 5) is 11.8. The SMILES string of the molecule is CCc1ccc(NC(=O)c2nonc2C)cc1. The number of carbonyl (C=O) groups excluding carboxylic acids is 1. The molecule has 0 saturated heterocycles. The summed E-state index contributed by atoms with van der Waals surface area (Å²) in [6.45, 7) is 3.75. The first-order valence-electron chi connectivity index (χ1n) is 5.40. The Balaban J connectivity index is 2.10. The van der Waals surface area contributed by atoms with Crippen molar-refractivity contribution < 1.29 is 9.42 Å². The van der Waals surface area contributed by atoms with Gasteiger partial charge in [-0.2, -0.15) is 0 Å². The fraction of sp³-hybridized carbons (Fsp3) is 0.250. The van der Waals surface area contributed by atoms with Crippen molar-refractivity contribution in [1.82, 2.24) is 10.3 Å². The van der Waals surface area contributed by atoms with Crippen LogP contribution in [0.2, 0.25) is 0 Å². The van der Waals surface area contributed by atoms with Crippen LogP contribution in [0.5, 0.6) is 0 Å². The van der Waals surface area contributed by atoms with Gasteiger partial charge in [-0.1, -0.05) is 24.2 Å². The van der Waals surface area contributed by atoms with Gasteiger partial charge in [-0.25, -0.2) is 4.63 Å².